The number of rotatable bonds is 5. The predicted octanol–water partition coefficient (Wildman–Crippen LogP) is -0.207. The molecule has 0 aromatic rings. The van der Waals surface area contributed by atoms with Gasteiger partial charge in [-0.25, -0.2) is 9.18 Å². The number of hydrogen-bond acceptors (Lipinski definition) is 3. The minimum Gasteiger partial charge on any atom is -0.352 e. The highest BCUT2D eigenvalue weighted by Crippen LogP contribution is 2.20. The number of urea groups is 1. The Morgan fingerprint density at radius 1 is 1.53 bits per heavy atom. The topological polar surface area (TPSA) is 78.5 Å². The predicted molar refractivity (Wildman–Crippen MR) is 57.9 cm³/mol. The van der Waals surface area contributed by atoms with Crippen LogP contribution in [0, 0.1) is 0 Å². The molecule has 2 N–H and O–H groups in total. The van der Waals surface area contributed by atoms with Gasteiger partial charge in [-0.05, 0) is 13.3 Å². The summed E-state index contributed by atoms with van der Waals surface area (Å²) in [6.45, 7) is 2.20. The molecule has 0 saturated carbocycles. The Hall–Kier alpha value is -1.66. The third-order valence-electron chi connectivity index (χ3n) is 2.77. The van der Waals surface area contributed by atoms with Crippen LogP contribution in [0.25, 0.3) is 0 Å². The Kier molecular flexibility index (Phi) is 4.03. The molecule has 1 heterocycles. The lowest BCUT2D eigenvalue weighted by molar-refractivity contribution is -0.134. The van der Waals surface area contributed by atoms with Gasteiger partial charge in [0.05, 0.1) is 0 Å². The molecule has 1 aliphatic rings. The fraction of sp³-hybridized carbons (Fsp3) is 0.700. The van der Waals surface area contributed by atoms with E-state index in [2.05, 4.69) is 10.6 Å². The molecule has 1 atom stereocenters. The van der Waals surface area contributed by atoms with E-state index >= 15 is 0 Å². The van der Waals surface area contributed by atoms with Crippen molar-refractivity contribution in [1.82, 2.24) is 15.5 Å². The lowest BCUT2D eigenvalue weighted by atomic mass is 9.99. The molecule has 1 aliphatic heterocycles. The largest absolute Gasteiger partial charge is 0.352 e. The van der Waals surface area contributed by atoms with Crippen LogP contribution >= 0.6 is 0 Å². The summed E-state index contributed by atoms with van der Waals surface area (Å²) in [5, 5.41) is 4.78. The smallest absolute Gasteiger partial charge is 0.325 e. The van der Waals surface area contributed by atoms with Crippen molar-refractivity contribution in [2.75, 3.05) is 19.8 Å². The third-order valence-corrected chi connectivity index (χ3v) is 2.77. The zero-order valence-corrected chi connectivity index (χ0v) is 9.88. The number of nitrogens with zero attached hydrogens (tertiary/aromatic N) is 1. The molecule has 1 saturated heterocycles. The molecule has 0 aromatic heterocycles. The van der Waals surface area contributed by atoms with Crippen LogP contribution in [0.1, 0.15) is 20.3 Å². The van der Waals surface area contributed by atoms with Crippen LogP contribution in [0.2, 0.25) is 0 Å². The third kappa shape index (κ3) is 2.72. The first kappa shape index (κ1) is 13.4. The van der Waals surface area contributed by atoms with Gasteiger partial charge in [-0.2, -0.15) is 0 Å². The minimum atomic E-state index is -0.947. The summed E-state index contributed by atoms with van der Waals surface area (Å²) < 4.78 is 11.8. The fourth-order valence-corrected chi connectivity index (χ4v) is 1.52. The molecule has 1 rings (SSSR count). The Morgan fingerprint density at radius 2 is 2.18 bits per heavy atom. The first-order valence-electron chi connectivity index (χ1n) is 5.41. The maximum atomic E-state index is 11.9. The van der Waals surface area contributed by atoms with Crippen LogP contribution in [0.5, 0.6) is 0 Å². The minimum absolute atomic E-state index is 0.118. The molecule has 17 heavy (non-hydrogen) atoms. The molecule has 0 aromatic carbocycles. The molecule has 96 valence electrons. The van der Waals surface area contributed by atoms with Gasteiger partial charge in [-0.15, -0.1) is 0 Å². The average Bonchev–Trinajstić information content (AvgIpc) is 2.51. The maximum absolute atomic E-state index is 11.9. The molecule has 0 radical (unpaired) electrons. The number of carbonyl (C=O) groups excluding carboxylic acids is 3. The Bertz CT molecular complexity index is 348. The fourth-order valence-electron chi connectivity index (χ4n) is 1.52. The van der Waals surface area contributed by atoms with Crippen LogP contribution in [0.3, 0.4) is 0 Å². The molecular formula is C10H16FN3O3. The maximum Gasteiger partial charge on any atom is 0.325 e. The number of amides is 4. The molecule has 1 fully saturated rings. The van der Waals surface area contributed by atoms with E-state index in [0.717, 1.165) is 4.90 Å². The summed E-state index contributed by atoms with van der Waals surface area (Å²) in [5.74, 6) is -0.980. The molecule has 0 bridgehead atoms. The van der Waals surface area contributed by atoms with E-state index < -0.39 is 30.1 Å². The summed E-state index contributed by atoms with van der Waals surface area (Å²) in [4.78, 5) is 35.5. The Morgan fingerprint density at radius 3 is 2.65 bits per heavy atom. The SMILES string of the molecule is CCC1(C)NC(=O)N(CC(=O)NCCF)C1=O. The number of alkyl halides is 1. The Labute approximate surface area is 98.5 Å². The van der Waals surface area contributed by atoms with Crippen LogP contribution < -0.4 is 10.6 Å². The van der Waals surface area contributed by atoms with E-state index in [1.54, 1.807) is 13.8 Å². The molecule has 0 spiro atoms. The van der Waals surface area contributed by atoms with Gasteiger partial charge in [0, 0.05) is 6.54 Å². The summed E-state index contributed by atoms with van der Waals surface area (Å²) in [7, 11) is 0. The monoisotopic (exact) mass is 245 g/mol. The van der Waals surface area contributed by atoms with Crippen molar-refractivity contribution < 1.29 is 18.8 Å². The average molecular weight is 245 g/mol. The highest BCUT2D eigenvalue weighted by molar-refractivity contribution is 6.08. The standard InChI is InChI=1S/C10H16FN3O3/c1-3-10(2)8(16)14(9(17)13-10)6-7(15)12-5-4-11/h3-6H2,1-2H3,(H,12,15)(H,13,17). The van der Waals surface area contributed by atoms with E-state index in [4.69, 9.17) is 0 Å². The van der Waals surface area contributed by atoms with Gasteiger partial charge in [0.15, 0.2) is 0 Å². The highest BCUT2D eigenvalue weighted by Gasteiger charge is 2.46. The van der Waals surface area contributed by atoms with Gasteiger partial charge in [0.2, 0.25) is 5.91 Å². The summed E-state index contributed by atoms with van der Waals surface area (Å²) in [5.41, 5.74) is -0.947. The lowest BCUT2D eigenvalue weighted by Gasteiger charge is -2.18. The van der Waals surface area contributed by atoms with Gasteiger partial charge < -0.3 is 10.6 Å². The zero-order chi connectivity index (χ0) is 13.1. The van der Waals surface area contributed by atoms with Crippen molar-refractivity contribution in [2.45, 2.75) is 25.8 Å². The number of imide groups is 1. The first-order valence-corrected chi connectivity index (χ1v) is 5.41. The normalized spacial score (nSPS) is 23.8. The van der Waals surface area contributed by atoms with E-state index in [0.29, 0.717) is 6.42 Å². The van der Waals surface area contributed by atoms with E-state index in [-0.39, 0.29) is 13.1 Å². The van der Waals surface area contributed by atoms with Crippen LogP contribution in [0.4, 0.5) is 9.18 Å². The molecule has 0 aliphatic carbocycles. The van der Waals surface area contributed by atoms with E-state index in [1.807, 2.05) is 0 Å². The summed E-state index contributed by atoms with van der Waals surface area (Å²) in [6.07, 6.45) is 0.445. The number of halogens is 1. The van der Waals surface area contributed by atoms with Gasteiger partial charge in [-0.1, -0.05) is 6.92 Å². The molecule has 1 unspecified atom stereocenters. The van der Waals surface area contributed by atoms with E-state index in [9.17, 15) is 18.8 Å². The molecular weight excluding hydrogens is 229 g/mol. The van der Waals surface area contributed by atoms with Gasteiger partial charge >= 0.3 is 6.03 Å². The second kappa shape index (κ2) is 5.11. The van der Waals surface area contributed by atoms with Crippen molar-refractivity contribution >= 4 is 17.8 Å². The van der Waals surface area contributed by atoms with Crippen molar-refractivity contribution in [3.05, 3.63) is 0 Å². The quantitative estimate of drug-likeness (QED) is 0.658. The number of carbonyl (C=O) groups is 3. The van der Waals surface area contributed by atoms with Crippen molar-refractivity contribution in [2.24, 2.45) is 0 Å². The lowest BCUT2D eigenvalue weighted by Crippen LogP contribution is -2.44. The molecule has 4 amide bonds. The van der Waals surface area contributed by atoms with Gasteiger partial charge in [0.25, 0.3) is 5.91 Å². The highest BCUT2D eigenvalue weighted by atomic mass is 19.1. The van der Waals surface area contributed by atoms with Crippen LogP contribution in [-0.2, 0) is 9.59 Å². The van der Waals surface area contributed by atoms with Crippen LogP contribution in [-0.4, -0.2) is 48.0 Å². The van der Waals surface area contributed by atoms with Crippen molar-refractivity contribution in [1.29, 1.82) is 0 Å². The van der Waals surface area contributed by atoms with Crippen molar-refractivity contribution in [3.63, 3.8) is 0 Å². The Balaban J connectivity index is 2.63. The van der Waals surface area contributed by atoms with Crippen LogP contribution in [0.15, 0.2) is 0 Å². The first-order chi connectivity index (χ1) is 7.94. The number of hydrogen-bond donors (Lipinski definition) is 2. The number of nitrogens with one attached hydrogen (secondary N) is 2. The van der Waals surface area contributed by atoms with Crippen molar-refractivity contribution in [3.8, 4) is 0 Å². The second-order valence-corrected chi connectivity index (χ2v) is 4.05. The molecule has 6 nitrogen and oxygen atoms in total. The molecule has 7 heteroatoms. The summed E-state index contributed by atoms with van der Waals surface area (Å²) in [6, 6.07) is -0.588. The summed E-state index contributed by atoms with van der Waals surface area (Å²) >= 11 is 0. The zero-order valence-electron chi connectivity index (χ0n) is 9.88. The van der Waals surface area contributed by atoms with Gasteiger partial charge in [0.1, 0.15) is 18.8 Å². The van der Waals surface area contributed by atoms with Gasteiger partial charge in [-0.3, -0.25) is 14.5 Å². The van der Waals surface area contributed by atoms with E-state index in [1.165, 1.54) is 0 Å². The second-order valence-electron chi connectivity index (χ2n) is 4.05.